The topological polar surface area (TPSA) is 59.8 Å². The van der Waals surface area contributed by atoms with E-state index in [9.17, 15) is 9.18 Å². The summed E-state index contributed by atoms with van der Waals surface area (Å²) in [5.74, 6) is -0.386. The van der Waals surface area contributed by atoms with Crippen LogP contribution in [0.25, 0.3) is 5.69 Å². The normalized spacial score (nSPS) is 10.6. The molecule has 0 atom stereocenters. The van der Waals surface area contributed by atoms with Crippen molar-refractivity contribution in [2.45, 2.75) is 6.92 Å². The third kappa shape index (κ3) is 3.37. The summed E-state index contributed by atoms with van der Waals surface area (Å²) in [4.78, 5) is 16.3. The Kier molecular flexibility index (Phi) is 4.08. The van der Waals surface area contributed by atoms with Gasteiger partial charge in [0, 0.05) is 10.7 Å². The van der Waals surface area contributed by atoms with Crippen molar-refractivity contribution < 1.29 is 9.18 Å². The summed E-state index contributed by atoms with van der Waals surface area (Å²) in [7, 11) is 0. The standard InChI is InChI=1S/C16H12ClFN4O/c1-10-19-15(16(23)20-13-4-2-3-12(18)9-13)21-22(10)14-7-5-11(17)6-8-14/h2-9H,1H3,(H,20,23). The van der Waals surface area contributed by atoms with Gasteiger partial charge >= 0.3 is 0 Å². The molecule has 0 aliphatic rings. The molecule has 0 aliphatic carbocycles. The molecule has 0 radical (unpaired) electrons. The number of benzene rings is 2. The molecule has 0 spiro atoms. The maximum atomic E-state index is 13.1. The Morgan fingerprint density at radius 2 is 1.96 bits per heavy atom. The minimum atomic E-state index is -0.508. The first-order valence-corrected chi connectivity index (χ1v) is 7.17. The number of carbonyl (C=O) groups excluding carboxylic acids is 1. The number of hydrogen-bond acceptors (Lipinski definition) is 3. The molecule has 7 heteroatoms. The Balaban J connectivity index is 1.85. The molecule has 23 heavy (non-hydrogen) atoms. The average Bonchev–Trinajstić information content (AvgIpc) is 2.90. The number of rotatable bonds is 3. The van der Waals surface area contributed by atoms with E-state index in [4.69, 9.17) is 11.6 Å². The lowest BCUT2D eigenvalue weighted by Crippen LogP contribution is -2.14. The second kappa shape index (κ2) is 6.18. The Hall–Kier alpha value is -2.73. The van der Waals surface area contributed by atoms with Gasteiger partial charge in [-0.05, 0) is 49.4 Å². The third-order valence-electron chi connectivity index (χ3n) is 3.13. The first kappa shape index (κ1) is 15.2. The van der Waals surface area contributed by atoms with Crippen molar-refractivity contribution in [2.24, 2.45) is 0 Å². The predicted molar refractivity (Wildman–Crippen MR) is 85.5 cm³/mol. The first-order chi connectivity index (χ1) is 11.0. The highest BCUT2D eigenvalue weighted by Crippen LogP contribution is 2.15. The summed E-state index contributed by atoms with van der Waals surface area (Å²) in [5.41, 5.74) is 1.08. The second-order valence-electron chi connectivity index (χ2n) is 4.84. The zero-order valence-electron chi connectivity index (χ0n) is 12.1. The number of carbonyl (C=O) groups is 1. The molecule has 5 nitrogen and oxygen atoms in total. The van der Waals surface area contributed by atoms with Crippen molar-refractivity contribution in [2.75, 3.05) is 5.32 Å². The van der Waals surface area contributed by atoms with Crippen LogP contribution in [0.3, 0.4) is 0 Å². The maximum absolute atomic E-state index is 13.1. The summed E-state index contributed by atoms with van der Waals surface area (Å²) >= 11 is 5.86. The molecule has 0 unspecified atom stereocenters. The van der Waals surface area contributed by atoms with Crippen LogP contribution in [0, 0.1) is 12.7 Å². The summed E-state index contributed by atoms with van der Waals surface area (Å²) < 4.78 is 14.7. The van der Waals surface area contributed by atoms with Gasteiger partial charge in [0.2, 0.25) is 5.82 Å². The van der Waals surface area contributed by atoms with Crippen molar-refractivity contribution in [3.63, 3.8) is 0 Å². The predicted octanol–water partition coefficient (Wildman–Crippen LogP) is 3.62. The summed E-state index contributed by atoms with van der Waals surface area (Å²) in [6.07, 6.45) is 0. The van der Waals surface area contributed by atoms with Crippen LogP contribution in [0.2, 0.25) is 5.02 Å². The van der Waals surface area contributed by atoms with E-state index in [2.05, 4.69) is 15.4 Å². The van der Waals surface area contributed by atoms with E-state index in [0.717, 1.165) is 5.69 Å². The smallest absolute Gasteiger partial charge is 0.295 e. The van der Waals surface area contributed by atoms with Crippen LogP contribution in [0.4, 0.5) is 10.1 Å². The number of aromatic nitrogens is 3. The number of nitrogens with zero attached hydrogens (tertiary/aromatic N) is 3. The van der Waals surface area contributed by atoms with Crippen molar-refractivity contribution in [3.8, 4) is 5.69 Å². The van der Waals surface area contributed by atoms with Crippen molar-refractivity contribution >= 4 is 23.2 Å². The molecule has 3 aromatic rings. The van der Waals surface area contributed by atoms with E-state index in [1.165, 1.54) is 22.9 Å². The Labute approximate surface area is 136 Å². The molecule has 3 rings (SSSR count). The highest BCUT2D eigenvalue weighted by atomic mass is 35.5. The monoisotopic (exact) mass is 330 g/mol. The lowest BCUT2D eigenvalue weighted by molar-refractivity contribution is 0.101. The van der Waals surface area contributed by atoms with Crippen molar-refractivity contribution in [1.82, 2.24) is 14.8 Å². The fourth-order valence-corrected chi connectivity index (χ4v) is 2.19. The van der Waals surface area contributed by atoms with Gasteiger partial charge in [0.25, 0.3) is 5.91 Å². The molecular weight excluding hydrogens is 319 g/mol. The van der Waals surface area contributed by atoms with Gasteiger partial charge < -0.3 is 5.32 Å². The molecule has 1 N–H and O–H groups in total. The summed E-state index contributed by atoms with van der Waals surface area (Å²) in [6.45, 7) is 1.74. The molecule has 1 heterocycles. The van der Waals surface area contributed by atoms with Crippen LogP contribution >= 0.6 is 11.6 Å². The minimum Gasteiger partial charge on any atom is -0.319 e. The molecular formula is C16H12ClFN4O. The van der Waals surface area contributed by atoms with E-state index < -0.39 is 11.7 Å². The van der Waals surface area contributed by atoms with Gasteiger partial charge in [-0.25, -0.2) is 14.1 Å². The number of hydrogen-bond donors (Lipinski definition) is 1. The van der Waals surface area contributed by atoms with Crippen LogP contribution < -0.4 is 5.32 Å². The number of aryl methyl sites for hydroxylation is 1. The van der Waals surface area contributed by atoms with E-state index in [0.29, 0.717) is 16.5 Å². The SMILES string of the molecule is Cc1nc(C(=O)Nc2cccc(F)c2)nn1-c1ccc(Cl)cc1. The molecule has 116 valence electrons. The third-order valence-corrected chi connectivity index (χ3v) is 3.38. The van der Waals surface area contributed by atoms with Gasteiger partial charge in [0.1, 0.15) is 11.6 Å². The van der Waals surface area contributed by atoms with E-state index in [1.54, 1.807) is 37.3 Å². The van der Waals surface area contributed by atoms with Gasteiger partial charge in [-0.15, -0.1) is 5.10 Å². The van der Waals surface area contributed by atoms with E-state index >= 15 is 0 Å². The Morgan fingerprint density at radius 1 is 1.22 bits per heavy atom. The fraction of sp³-hybridized carbons (Fsp3) is 0.0625. The lowest BCUT2D eigenvalue weighted by atomic mass is 10.3. The number of halogens is 2. The van der Waals surface area contributed by atoms with Gasteiger partial charge in [-0.3, -0.25) is 4.79 Å². The number of amides is 1. The van der Waals surface area contributed by atoms with E-state index in [1.807, 2.05) is 0 Å². The molecule has 0 bridgehead atoms. The van der Waals surface area contributed by atoms with Crippen LogP contribution in [-0.4, -0.2) is 20.7 Å². The van der Waals surface area contributed by atoms with Crippen molar-refractivity contribution in [3.05, 3.63) is 71.0 Å². The van der Waals surface area contributed by atoms with Gasteiger partial charge in [-0.2, -0.15) is 0 Å². The van der Waals surface area contributed by atoms with Crippen LogP contribution in [0.15, 0.2) is 48.5 Å². The van der Waals surface area contributed by atoms with E-state index in [-0.39, 0.29) is 5.82 Å². The molecule has 0 saturated heterocycles. The zero-order valence-corrected chi connectivity index (χ0v) is 12.9. The molecule has 1 amide bonds. The van der Waals surface area contributed by atoms with Crippen LogP contribution in [0.1, 0.15) is 16.4 Å². The molecule has 1 aromatic heterocycles. The Morgan fingerprint density at radius 3 is 2.65 bits per heavy atom. The minimum absolute atomic E-state index is 0.00158. The fourth-order valence-electron chi connectivity index (χ4n) is 2.07. The van der Waals surface area contributed by atoms with Crippen molar-refractivity contribution in [1.29, 1.82) is 0 Å². The number of anilines is 1. The first-order valence-electron chi connectivity index (χ1n) is 6.79. The molecule has 0 fully saturated rings. The highest BCUT2D eigenvalue weighted by Gasteiger charge is 2.15. The van der Waals surface area contributed by atoms with Gasteiger partial charge in [-0.1, -0.05) is 17.7 Å². The van der Waals surface area contributed by atoms with Crippen LogP contribution in [0.5, 0.6) is 0 Å². The van der Waals surface area contributed by atoms with Crippen LogP contribution in [-0.2, 0) is 0 Å². The molecule has 0 aliphatic heterocycles. The Bertz CT molecular complexity index is 861. The molecule has 0 saturated carbocycles. The molecule has 2 aromatic carbocycles. The van der Waals surface area contributed by atoms with Gasteiger partial charge in [0.05, 0.1) is 5.69 Å². The lowest BCUT2D eigenvalue weighted by Gasteiger charge is -2.03. The zero-order chi connectivity index (χ0) is 16.4. The summed E-state index contributed by atoms with van der Waals surface area (Å²) in [6, 6.07) is 12.6. The quantitative estimate of drug-likeness (QED) is 0.798. The largest absolute Gasteiger partial charge is 0.319 e. The second-order valence-corrected chi connectivity index (χ2v) is 5.27. The maximum Gasteiger partial charge on any atom is 0.295 e. The average molecular weight is 331 g/mol. The number of nitrogens with one attached hydrogen (secondary N) is 1. The highest BCUT2D eigenvalue weighted by molar-refractivity contribution is 6.30. The summed E-state index contributed by atoms with van der Waals surface area (Å²) in [5, 5.41) is 7.35. The van der Waals surface area contributed by atoms with Gasteiger partial charge in [0.15, 0.2) is 0 Å².